The van der Waals surface area contributed by atoms with E-state index in [2.05, 4.69) is 5.32 Å². The standard InChI is InChI=1S/C24H28N2O5/c1-15-7-8-17(13-16(15)2)21-22(24(28)26(23(21)27)11-6-12-29-3)25-19-10-9-18(30-4)14-20(19)31-5/h7-10,13-14,25H,6,11-12H2,1-5H3. The number of benzene rings is 2. The van der Waals surface area contributed by atoms with Crippen LogP contribution in [0, 0.1) is 13.8 Å². The van der Waals surface area contributed by atoms with E-state index in [0.29, 0.717) is 41.4 Å². The number of hydrogen-bond acceptors (Lipinski definition) is 6. The summed E-state index contributed by atoms with van der Waals surface area (Å²) in [5, 5.41) is 3.15. The molecule has 1 aliphatic heterocycles. The van der Waals surface area contributed by atoms with Crippen LogP contribution in [0.25, 0.3) is 5.57 Å². The Bertz CT molecular complexity index is 1030. The van der Waals surface area contributed by atoms with Gasteiger partial charge in [0.05, 0.1) is 25.5 Å². The molecule has 164 valence electrons. The van der Waals surface area contributed by atoms with Crippen LogP contribution in [-0.2, 0) is 14.3 Å². The number of imide groups is 1. The molecule has 2 aromatic carbocycles. The number of hydrogen-bond donors (Lipinski definition) is 1. The second-order valence-electron chi connectivity index (χ2n) is 7.35. The van der Waals surface area contributed by atoms with E-state index < -0.39 is 0 Å². The number of anilines is 1. The Morgan fingerprint density at radius 1 is 0.903 bits per heavy atom. The highest BCUT2D eigenvalue weighted by molar-refractivity contribution is 6.36. The van der Waals surface area contributed by atoms with Crippen molar-refractivity contribution in [2.75, 3.05) is 39.8 Å². The molecule has 1 N–H and O–H groups in total. The fraction of sp³-hybridized carbons (Fsp3) is 0.333. The summed E-state index contributed by atoms with van der Waals surface area (Å²) >= 11 is 0. The topological polar surface area (TPSA) is 77.1 Å². The summed E-state index contributed by atoms with van der Waals surface area (Å²) in [6.07, 6.45) is 0.563. The number of carbonyl (C=O) groups excluding carboxylic acids is 2. The molecular formula is C24H28N2O5. The lowest BCUT2D eigenvalue weighted by Gasteiger charge is -2.16. The highest BCUT2D eigenvalue weighted by Crippen LogP contribution is 2.35. The molecule has 1 heterocycles. The number of carbonyl (C=O) groups is 2. The van der Waals surface area contributed by atoms with Gasteiger partial charge in [0.1, 0.15) is 17.2 Å². The highest BCUT2D eigenvalue weighted by Gasteiger charge is 2.39. The van der Waals surface area contributed by atoms with Crippen molar-refractivity contribution in [1.29, 1.82) is 0 Å². The summed E-state index contributed by atoms with van der Waals surface area (Å²) in [6, 6.07) is 11.0. The molecule has 0 radical (unpaired) electrons. The number of methoxy groups -OCH3 is 3. The SMILES string of the molecule is COCCCN1C(=O)C(Nc2ccc(OC)cc2OC)=C(c2ccc(C)c(C)c2)C1=O. The summed E-state index contributed by atoms with van der Waals surface area (Å²) in [5.74, 6) is 0.441. The smallest absolute Gasteiger partial charge is 0.278 e. The Morgan fingerprint density at radius 2 is 1.68 bits per heavy atom. The quantitative estimate of drug-likeness (QED) is 0.490. The third-order valence-electron chi connectivity index (χ3n) is 5.36. The van der Waals surface area contributed by atoms with E-state index in [1.54, 1.807) is 32.4 Å². The first kappa shape index (κ1) is 22.4. The van der Waals surface area contributed by atoms with Gasteiger partial charge in [-0.25, -0.2) is 0 Å². The Balaban J connectivity index is 2.06. The van der Waals surface area contributed by atoms with Crippen LogP contribution in [0.1, 0.15) is 23.1 Å². The molecule has 7 nitrogen and oxygen atoms in total. The van der Waals surface area contributed by atoms with Gasteiger partial charge in [0, 0.05) is 26.3 Å². The van der Waals surface area contributed by atoms with Gasteiger partial charge >= 0.3 is 0 Å². The number of nitrogens with zero attached hydrogens (tertiary/aromatic N) is 1. The maximum absolute atomic E-state index is 13.3. The van der Waals surface area contributed by atoms with Gasteiger partial charge in [0.15, 0.2) is 0 Å². The maximum atomic E-state index is 13.3. The minimum Gasteiger partial charge on any atom is -0.497 e. The highest BCUT2D eigenvalue weighted by atomic mass is 16.5. The number of nitrogens with one attached hydrogen (secondary N) is 1. The van der Waals surface area contributed by atoms with Crippen LogP contribution >= 0.6 is 0 Å². The maximum Gasteiger partial charge on any atom is 0.278 e. The number of amides is 2. The van der Waals surface area contributed by atoms with Crippen molar-refractivity contribution in [3.05, 3.63) is 58.8 Å². The molecule has 3 rings (SSSR count). The molecule has 31 heavy (non-hydrogen) atoms. The van der Waals surface area contributed by atoms with Gasteiger partial charge in [0.2, 0.25) is 0 Å². The van der Waals surface area contributed by atoms with Crippen LogP contribution in [0.5, 0.6) is 11.5 Å². The van der Waals surface area contributed by atoms with Crippen LogP contribution in [0.15, 0.2) is 42.1 Å². The normalized spacial score (nSPS) is 13.8. The van der Waals surface area contributed by atoms with Gasteiger partial charge in [-0.05, 0) is 49.1 Å². The lowest BCUT2D eigenvalue weighted by molar-refractivity contribution is -0.136. The molecule has 0 atom stereocenters. The summed E-state index contributed by atoms with van der Waals surface area (Å²) in [5.41, 5.74) is 4.01. The van der Waals surface area contributed by atoms with Crippen molar-refractivity contribution >= 4 is 23.1 Å². The number of aryl methyl sites for hydroxylation is 2. The minimum atomic E-state index is -0.368. The molecule has 0 bridgehead atoms. The first-order valence-electron chi connectivity index (χ1n) is 10.1. The third kappa shape index (κ3) is 4.56. The molecule has 0 fully saturated rings. The van der Waals surface area contributed by atoms with Crippen molar-refractivity contribution in [2.24, 2.45) is 0 Å². The summed E-state index contributed by atoms with van der Waals surface area (Å²) in [4.78, 5) is 27.8. The number of ether oxygens (including phenoxy) is 3. The zero-order valence-corrected chi connectivity index (χ0v) is 18.6. The number of rotatable bonds is 9. The molecule has 0 spiro atoms. The first-order chi connectivity index (χ1) is 14.9. The van der Waals surface area contributed by atoms with Gasteiger partial charge in [-0.2, -0.15) is 0 Å². The predicted octanol–water partition coefficient (Wildman–Crippen LogP) is 3.55. The van der Waals surface area contributed by atoms with Crippen LogP contribution < -0.4 is 14.8 Å². The Labute approximate surface area is 182 Å². The zero-order valence-electron chi connectivity index (χ0n) is 18.6. The first-order valence-corrected chi connectivity index (χ1v) is 10.1. The van der Waals surface area contributed by atoms with Crippen molar-refractivity contribution in [3.8, 4) is 11.5 Å². The average Bonchev–Trinajstić information content (AvgIpc) is 3.00. The van der Waals surface area contributed by atoms with Gasteiger partial charge in [-0.3, -0.25) is 14.5 Å². The molecule has 7 heteroatoms. The molecule has 0 saturated carbocycles. The largest absolute Gasteiger partial charge is 0.497 e. The molecule has 2 amide bonds. The summed E-state index contributed by atoms with van der Waals surface area (Å²) < 4.78 is 15.8. The molecule has 0 saturated heterocycles. The van der Waals surface area contributed by atoms with Crippen molar-refractivity contribution in [1.82, 2.24) is 4.90 Å². The lowest BCUT2D eigenvalue weighted by atomic mass is 9.99. The van der Waals surface area contributed by atoms with E-state index in [4.69, 9.17) is 14.2 Å². The van der Waals surface area contributed by atoms with E-state index in [1.165, 1.54) is 12.0 Å². The van der Waals surface area contributed by atoms with E-state index in [-0.39, 0.29) is 24.1 Å². The second-order valence-corrected chi connectivity index (χ2v) is 7.35. The fourth-order valence-electron chi connectivity index (χ4n) is 3.46. The second kappa shape index (κ2) is 9.66. The molecule has 2 aromatic rings. The van der Waals surface area contributed by atoms with E-state index in [9.17, 15) is 9.59 Å². The summed E-state index contributed by atoms with van der Waals surface area (Å²) in [6.45, 7) is 4.74. The average molecular weight is 424 g/mol. The van der Waals surface area contributed by atoms with Crippen molar-refractivity contribution in [2.45, 2.75) is 20.3 Å². The third-order valence-corrected chi connectivity index (χ3v) is 5.36. The van der Waals surface area contributed by atoms with E-state index >= 15 is 0 Å². The Hall–Kier alpha value is -3.32. The van der Waals surface area contributed by atoms with Crippen molar-refractivity contribution in [3.63, 3.8) is 0 Å². The van der Waals surface area contributed by atoms with E-state index in [0.717, 1.165) is 11.1 Å². The van der Waals surface area contributed by atoms with Crippen LogP contribution in [0.3, 0.4) is 0 Å². The fourth-order valence-corrected chi connectivity index (χ4v) is 3.46. The molecular weight excluding hydrogens is 396 g/mol. The lowest BCUT2D eigenvalue weighted by Crippen LogP contribution is -2.33. The van der Waals surface area contributed by atoms with E-state index in [1.807, 2.05) is 32.0 Å². The monoisotopic (exact) mass is 424 g/mol. The Morgan fingerprint density at radius 3 is 2.32 bits per heavy atom. The van der Waals surface area contributed by atoms with Gasteiger partial charge in [0.25, 0.3) is 11.8 Å². The van der Waals surface area contributed by atoms with Gasteiger partial charge < -0.3 is 19.5 Å². The van der Waals surface area contributed by atoms with Crippen LogP contribution in [0.4, 0.5) is 5.69 Å². The van der Waals surface area contributed by atoms with Crippen LogP contribution in [0.2, 0.25) is 0 Å². The zero-order chi connectivity index (χ0) is 22.5. The van der Waals surface area contributed by atoms with Gasteiger partial charge in [-0.1, -0.05) is 18.2 Å². The molecule has 0 aliphatic carbocycles. The summed E-state index contributed by atoms with van der Waals surface area (Å²) in [7, 11) is 4.70. The van der Waals surface area contributed by atoms with Crippen LogP contribution in [-0.4, -0.2) is 51.2 Å². The van der Waals surface area contributed by atoms with Gasteiger partial charge in [-0.15, -0.1) is 0 Å². The molecule has 1 aliphatic rings. The van der Waals surface area contributed by atoms with Crippen molar-refractivity contribution < 1.29 is 23.8 Å². The Kier molecular flexibility index (Phi) is 6.97. The minimum absolute atomic E-state index is 0.231. The molecule has 0 unspecified atom stereocenters. The predicted molar refractivity (Wildman–Crippen MR) is 119 cm³/mol. The molecule has 0 aromatic heterocycles.